The number of likely N-dealkylation sites (N-methyl/N-ethyl adjacent to an activating group) is 1. The van der Waals surface area contributed by atoms with Crippen LogP contribution < -0.4 is 0 Å². The monoisotopic (exact) mass is 269 g/mol. The van der Waals surface area contributed by atoms with Crippen LogP contribution in [0.4, 0.5) is 0 Å². The predicted octanol–water partition coefficient (Wildman–Crippen LogP) is 1.87. The van der Waals surface area contributed by atoms with Crippen LogP contribution in [0.2, 0.25) is 5.02 Å². The number of hydrogen-bond acceptors (Lipinski definition) is 3. The van der Waals surface area contributed by atoms with E-state index in [4.69, 9.17) is 21.4 Å². The molecule has 0 aliphatic carbocycles. The van der Waals surface area contributed by atoms with Gasteiger partial charge in [-0.15, -0.1) is 0 Å². The number of ether oxygens (including phenoxy) is 1. The van der Waals surface area contributed by atoms with Gasteiger partial charge < -0.3 is 9.84 Å². The van der Waals surface area contributed by atoms with Gasteiger partial charge in [-0.05, 0) is 24.7 Å². The Morgan fingerprint density at radius 2 is 2.11 bits per heavy atom. The molecular weight excluding hydrogens is 254 g/mol. The van der Waals surface area contributed by atoms with E-state index in [0.717, 1.165) is 5.56 Å². The van der Waals surface area contributed by atoms with Gasteiger partial charge in [-0.3, -0.25) is 9.69 Å². The molecule has 1 saturated heterocycles. The van der Waals surface area contributed by atoms with Crippen LogP contribution in [0.3, 0.4) is 0 Å². The summed E-state index contributed by atoms with van der Waals surface area (Å²) in [6.07, 6.45) is 0. The summed E-state index contributed by atoms with van der Waals surface area (Å²) in [6, 6.07) is 7.50. The Bertz CT molecular complexity index is 421. The highest BCUT2D eigenvalue weighted by Gasteiger charge is 2.36. The normalized spacial score (nSPS) is 23.5. The molecule has 98 valence electrons. The van der Waals surface area contributed by atoms with Crippen LogP contribution in [0.15, 0.2) is 24.3 Å². The minimum Gasteiger partial charge on any atom is -0.481 e. The van der Waals surface area contributed by atoms with Crippen molar-refractivity contribution in [3.63, 3.8) is 0 Å². The highest BCUT2D eigenvalue weighted by Crippen LogP contribution is 2.21. The van der Waals surface area contributed by atoms with Crippen molar-refractivity contribution in [1.29, 1.82) is 0 Å². The van der Waals surface area contributed by atoms with Crippen molar-refractivity contribution in [3.05, 3.63) is 34.9 Å². The fourth-order valence-electron chi connectivity index (χ4n) is 2.21. The number of carbonyl (C=O) groups is 1. The third kappa shape index (κ3) is 3.02. The second kappa shape index (κ2) is 5.69. The van der Waals surface area contributed by atoms with Gasteiger partial charge >= 0.3 is 5.97 Å². The molecule has 1 aliphatic rings. The molecule has 0 amide bonds. The lowest BCUT2D eigenvalue weighted by molar-refractivity contribution is -0.143. The first-order chi connectivity index (χ1) is 8.58. The maximum atomic E-state index is 11.1. The maximum Gasteiger partial charge on any atom is 0.310 e. The number of halogens is 1. The quantitative estimate of drug-likeness (QED) is 0.907. The van der Waals surface area contributed by atoms with Gasteiger partial charge in [-0.2, -0.15) is 0 Å². The summed E-state index contributed by atoms with van der Waals surface area (Å²) >= 11 is 5.83. The molecule has 1 heterocycles. The van der Waals surface area contributed by atoms with Crippen LogP contribution >= 0.6 is 11.6 Å². The summed E-state index contributed by atoms with van der Waals surface area (Å²) < 4.78 is 5.27. The highest BCUT2D eigenvalue weighted by atomic mass is 35.5. The topological polar surface area (TPSA) is 49.8 Å². The maximum absolute atomic E-state index is 11.1. The molecule has 1 aromatic carbocycles. The Morgan fingerprint density at radius 1 is 1.44 bits per heavy atom. The van der Waals surface area contributed by atoms with Crippen LogP contribution in [-0.2, 0) is 16.1 Å². The fraction of sp³-hybridized carbons (Fsp3) is 0.462. The van der Waals surface area contributed by atoms with E-state index in [0.29, 0.717) is 24.8 Å². The molecule has 1 aliphatic heterocycles. The number of carboxylic acids is 1. The van der Waals surface area contributed by atoms with E-state index in [1.165, 1.54) is 0 Å². The van der Waals surface area contributed by atoms with Crippen molar-refractivity contribution < 1.29 is 14.6 Å². The average Bonchev–Trinajstić information content (AvgIpc) is 2.81. The average molecular weight is 270 g/mol. The zero-order valence-corrected chi connectivity index (χ0v) is 10.9. The van der Waals surface area contributed by atoms with Gasteiger partial charge in [0.2, 0.25) is 0 Å². The van der Waals surface area contributed by atoms with Gasteiger partial charge in [0.15, 0.2) is 0 Å². The first kappa shape index (κ1) is 13.3. The van der Waals surface area contributed by atoms with E-state index in [9.17, 15) is 4.79 Å². The van der Waals surface area contributed by atoms with Crippen molar-refractivity contribution >= 4 is 17.6 Å². The number of benzene rings is 1. The molecule has 4 nitrogen and oxygen atoms in total. The van der Waals surface area contributed by atoms with Crippen LogP contribution in [0.25, 0.3) is 0 Å². The Morgan fingerprint density at radius 3 is 2.72 bits per heavy atom. The van der Waals surface area contributed by atoms with E-state index in [2.05, 4.69) is 0 Å². The summed E-state index contributed by atoms with van der Waals surface area (Å²) in [5.74, 6) is -1.23. The van der Waals surface area contributed by atoms with Gasteiger partial charge in [-0.25, -0.2) is 0 Å². The van der Waals surface area contributed by atoms with Crippen LogP contribution in [-0.4, -0.2) is 42.3 Å². The Hall–Kier alpha value is -1.10. The van der Waals surface area contributed by atoms with Crippen molar-refractivity contribution in [1.82, 2.24) is 4.90 Å². The Labute approximate surface area is 111 Å². The van der Waals surface area contributed by atoms with Gasteiger partial charge in [0.1, 0.15) is 0 Å². The van der Waals surface area contributed by atoms with Gasteiger partial charge in [0.05, 0.1) is 19.1 Å². The van der Waals surface area contributed by atoms with Crippen molar-refractivity contribution in [3.8, 4) is 0 Å². The second-order valence-electron chi connectivity index (χ2n) is 4.59. The van der Waals surface area contributed by atoms with E-state index in [1.54, 1.807) is 0 Å². The molecule has 0 aromatic heterocycles. The summed E-state index contributed by atoms with van der Waals surface area (Å²) in [5, 5.41) is 9.81. The summed E-state index contributed by atoms with van der Waals surface area (Å²) in [4.78, 5) is 13.1. The molecule has 2 unspecified atom stereocenters. The number of carboxylic acid groups (broad SMARTS) is 1. The first-order valence-electron chi connectivity index (χ1n) is 5.83. The Kier molecular flexibility index (Phi) is 4.22. The van der Waals surface area contributed by atoms with Crippen LogP contribution in [0.1, 0.15) is 5.56 Å². The zero-order valence-electron chi connectivity index (χ0n) is 10.2. The van der Waals surface area contributed by atoms with Crippen LogP contribution in [0, 0.1) is 5.92 Å². The molecule has 1 fully saturated rings. The van der Waals surface area contributed by atoms with Gasteiger partial charge in [0.25, 0.3) is 0 Å². The minimum atomic E-state index is -0.791. The van der Waals surface area contributed by atoms with Crippen molar-refractivity contribution in [2.24, 2.45) is 5.92 Å². The molecule has 1 N–H and O–H groups in total. The van der Waals surface area contributed by atoms with Gasteiger partial charge in [-0.1, -0.05) is 23.7 Å². The smallest absolute Gasteiger partial charge is 0.310 e. The van der Waals surface area contributed by atoms with Crippen LogP contribution in [0.5, 0.6) is 0 Å². The largest absolute Gasteiger partial charge is 0.481 e. The molecule has 0 radical (unpaired) electrons. The Balaban J connectivity index is 2.01. The van der Waals surface area contributed by atoms with E-state index < -0.39 is 11.9 Å². The van der Waals surface area contributed by atoms with E-state index >= 15 is 0 Å². The number of aliphatic carboxylic acids is 1. The summed E-state index contributed by atoms with van der Waals surface area (Å²) in [5.41, 5.74) is 1.11. The first-order valence-corrected chi connectivity index (χ1v) is 6.21. The molecule has 2 rings (SSSR count). The minimum absolute atomic E-state index is 0.0711. The molecule has 0 saturated carbocycles. The third-order valence-electron chi connectivity index (χ3n) is 3.28. The van der Waals surface area contributed by atoms with Crippen molar-refractivity contribution in [2.75, 3.05) is 20.3 Å². The summed E-state index contributed by atoms with van der Waals surface area (Å²) in [6.45, 7) is 1.46. The molecule has 0 bridgehead atoms. The molecule has 2 atom stereocenters. The van der Waals surface area contributed by atoms with E-state index in [1.807, 2.05) is 36.2 Å². The summed E-state index contributed by atoms with van der Waals surface area (Å²) in [7, 11) is 1.92. The molecule has 5 heteroatoms. The highest BCUT2D eigenvalue weighted by molar-refractivity contribution is 6.30. The number of rotatable bonds is 4. The number of nitrogens with zero attached hydrogens (tertiary/aromatic N) is 1. The molecule has 18 heavy (non-hydrogen) atoms. The standard InChI is InChI=1S/C13H16ClNO3/c1-15(6-9-2-4-10(14)5-3-9)12-8-18-7-11(12)13(16)17/h2-5,11-12H,6-8H2,1H3,(H,16,17). The lowest BCUT2D eigenvalue weighted by atomic mass is 10.0. The molecule has 0 spiro atoms. The van der Waals surface area contributed by atoms with Crippen molar-refractivity contribution in [2.45, 2.75) is 12.6 Å². The SMILES string of the molecule is CN(Cc1ccc(Cl)cc1)C1COCC1C(=O)O. The van der Waals surface area contributed by atoms with E-state index in [-0.39, 0.29) is 6.04 Å². The lowest BCUT2D eigenvalue weighted by Gasteiger charge is -2.26. The predicted molar refractivity (Wildman–Crippen MR) is 68.7 cm³/mol. The van der Waals surface area contributed by atoms with Gasteiger partial charge in [0, 0.05) is 17.6 Å². The second-order valence-corrected chi connectivity index (χ2v) is 5.03. The number of hydrogen-bond donors (Lipinski definition) is 1. The fourth-order valence-corrected chi connectivity index (χ4v) is 2.33. The molecule has 1 aromatic rings. The molecular formula is C13H16ClNO3. The lowest BCUT2D eigenvalue weighted by Crippen LogP contribution is -2.40. The third-order valence-corrected chi connectivity index (χ3v) is 3.53. The zero-order chi connectivity index (χ0) is 13.1.